The van der Waals surface area contributed by atoms with Crippen LogP contribution in [0.5, 0.6) is 0 Å². The van der Waals surface area contributed by atoms with Crippen LogP contribution in [0.2, 0.25) is 0 Å². The topological polar surface area (TPSA) is 94.4 Å². The van der Waals surface area contributed by atoms with E-state index in [9.17, 15) is 18.8 Å². The van der Waals surface area contributed by atoms with Gasteiger partial charge in [0.2, 0.25) is 5.95 Å². The third-order valence-electron chi connectivity index (χ3n) is 3.20. The summed E-state index contributed by atoms with van der Waals surface area (Å²) in [6.45, 7) is 4.75. The molecule has 0 bridgehead atoms. The van der Waals surface area contributed by atoms with Crippen LogP contribution in [0.15, 0.2) is 29.5 Å². The Hall–Kier alpha value is -3.10. The van der Waals surface area contributed by atoms with Gasteiger partial charge in [0.25, 0.3) is 5.56 Å². The van der Waals surface area contributed by atoms with Crippen LogP contribution in [0.3, 0.4) is 0 Å². The van der Waals surface area contributed by atoms with Gasteiger partial charge in [-0.3, -0.25) is 9.59 Å². The fraction of sp³-hybridized carbons (Fsp3) is 0.353. The normalized spacial score (nSPS) is 11.1. The molecule has 0 N–H and O–H groups in total. The van der Waals surface area contributed by atoms with Crippen LogP contribution in [-0.4, -0.2) is 32.5 Å². The van der Waals surface area contributed by atoms with Crippen molar-refractivity contribution in [2.75, 3.05) is 4.90 Å². The largest absolute Gasteiger partial charge is 0.443 e. The number of carbonyl (C=O) groups is 2. The fourth-order valence-electron chi connectivity index (χ4n) is 2.08. The summed E-state index contributed by atoms with van der Waals surface area (Å²) >= 11 is 0. The second-order valence-corrected chi connectivity index (χ2v) is 6.60. The average Bonchev–Trinajstić information content (AvgIpc) is 2.55. The van der Waals surface area contributed by atoms with Crippen molar-refractivity contribution in [3.05, 3.63) is 52.0 Å². The number of aldehydes is 1. The van der Waals surface area contributed by atoms with Crippen molar-refractivity contribution in [1.82, 2.24) is 14.5 Å². The van der Waals surface area contributed by atoms with E-state index in [1.165, 1.54) is 19.4 Å². The number of hydrogen-bond acceptors (Lipinski definition) is 6. The lowest BCUT2D eigenvalue weighted by Crippen LogP contribution is -2.39. The number of aromatic nitrogens is 3. The van der Waals surface area contributed by atoms with Gasteiger partial charge in [-0.15, -0.1) is 0 Å². The lowest BCUT2D eigenvalue weighted by atomic mass is 10.2. The Morgan fingerprint density at radius 1 is 1.35 bits per heavy atom. The molecule has 2 aromatic heterocycles. The van der Waals surface area contributed by atoms with E-state index in [1.54, 1.807) is 20.8 Å². The molecule has 0 atom stereocenters. The van der Waals surface area contributed by atoms with Crippen LogP contribution < -0.4 is 10.5 Å². The number of carbonyl (C=O) groups excluding carboxylic acids is 2. The summed E-state index contributed by atoms with van der Waals surface area (Å²) in [5.41, 5.74) is -1.02. The summed E-state index contributed by atoms with van der Waals surface area (Å²) < 4.78 is 20.1. The lowest BCUT2D eigenvalue weighted by molar-refractivity contribution is 0.0574. The molecule has 0 fully saturated rings. The Kier molecular flexibility index (Phi) is 5.49. The predicted octanol–water partition coefficient (Wildman–Crippen LogP) is 2.07. The number of pyridine rings is 1. The average molecular weight is 362 g/mol. The molecule has 8 nitrogen and oxygen atoms in total. The molecule has 2 heterocycles. The molecule has 0 spiro atoms. The van der Waals surface area contributed by atoms with E-state index in [2.05, 4.69) is 9.97 Å². The van der Waals surface area contributed by atoms with Crippen molar-refractivity contribution in [2.45, 2.75) is 32.9 Å². The van der Waals surface area contributed by atoms with Crippen LogP contribution >= 0.6 is 0 Å². The number of ether oxygens (including phenoxy) is 1. The number of anilines is 1. The number of nitrogens with zero attached hydrogens (tertiary/aromatic N) is 4. The highest BCUT2D eigenvalue weighted by atomic mass is 19.1. The lowest BCUT2D eigenvalue weighted by Gasteiger charge is -2.26. The standard InChI is InChI=1S/C17H19FN4O4/c1-17(2,3)26-16(25)22(15-19-6-11(10-23)7-20-15)8-12-5-13(18)9-21(4)14(12)24/h5-7,9-10H,8H2,1-4H3. The maximum absolute atomic E-state index is 13.7. The first-order valence-corrected chi connectivity index (χ1v) is 7.73. The van der Waals surface area contributed by atoms with Crippen molar-refractivity contribution >= 4 is 18.3 Å². The molecule has 138 valence electrons. The molecule has 0 radical (unpaired) electrons. The van der Waals surface area contributed by atoms with E-state index < -0.39 is 23.1 Å². The summed E-state index contributed by atoms with van der Waals surface area (Å²) in [6, 6.07) is 1.04. The minimum Gasteiger partial charge on any atom is -0.443 e. The molecular formula is C17H19FN4O4. The molecular weight excluding hydrogens is 343 g/mol. The van der Waals surface area contributed by atoms with Crippen molar-refractivity contribution < 1.29 is 18.7 Å². The van der Waals surface area contributed by atoms with Gasteiger partial charge in [-0.25, -0.2) is 24.1 Å². The van der Waals surface area contributed by atoms with Gasteiger partial charge in [0.1, 0.15) is 11.4 Å². The van der Waals surface area contributed by atoms with E-state index in [4.69, 9.17) is 4.74 Å². The Morgan fingerprint density at radius 3 is 2.50 bits per heavy atom. The molecule has 1 amide bonds. The van der Waals surface area contributed by atoms with E-state index >= 15 is 0 Å². The zero-order chi connectivity index (χ0) is 19.5. The highest BCUT2D eigenvalue weighted by molar-refractivity contribution is 5.85. The highest BCUT2D eigenvalue weighted by Gasteiger charge is 2.26. The number of hydrogen-bond donors (Lipinski definition) is 0. The zero-order valence-corrected chi connectivity index (χ0v) is 14.9. The van der Waals surface area contributed by atoms with Crippen LogP contribution in [-0.2, 0) is 18.3 Å². The second-order valence-electron chi connectivity index (χ2n) is 6.60. The Labute approximate surface area is 149 Å². The van der Waals surface area contributed by atoms with Gasteiger partial charge in [0, 0.05) is 31.2 Å². The summed E-state index contributed by atoms with van der Waals surface area (Å²) in [4.78, 5) is 44.4. The van der Waals surface area contributed by atoms with Crippen LogP contribution in [0.4, 0.5) is 15.1 Å². The van der Waals surface area contributed by atoms with Gasteiger partial charge < -0.3 is 9.30 Å². The number of halogens is 1. The molecule has 0 unspecified atom stereocenters. The highest BCUT2D eigenvalue weighted by Crippen LogP contribution is 2.16. The van der Waals surface area contributed by atoms with E-state index in [0.29, 0.717) is 6.29 Å². The SMILES string of the molecule is Cn1cc(F)cc(CN(C(=O)OC(C)(C)C)c2ncc(C=O)cn2)c1=O. The monoisotopic (exact) mass is 362 g/mol. The van der Waals surface area contributed by atoms with Crippen molar-refractivity contribution in [1.29, 1.82) is 0 Å². The van der Waals surface area contributed by atoms with Gasteiger partial charge in [0.05, 0.1) is 12.1 Å². The van der Waals surface area contributed by atoms with Gasteiger partial charge in [0.15, 0.2) is 6.29 Å². The minimum absolute atomic E-state index is 0.0291. The zero-order valence-electron chi connectivity index (χ0n) is 14.9. The number of amides is 1. The Bertz CT molecular complexity index is 872. The third-order valence-corrected chi connectivity index (χ3v) is 3.20. The van der Waals surface area contributed by atoms with Crippen molar-refractivity contribution in [3.63, 3.8) is 0 Å². The fourth-order valence-corrected chi connectivity index (χ4v) is 2.08. The van der Waals surface area contributed by atoms with Gasteiger partial charge >= 0.3 is 6.09 Å². The molecule has 0 aliphatic rings. The van der Waals surface area contributed by atoms with Crippen LogP contribution in [0.25, 0.3) is 0 Å². The van der Waals surface area contributed by atoms with Crippen molar-refractivity contribution in [3.8, 4) is 0 Å². The second kappa shape index (κ2) is 7.42. The number of aryl methyl sites for hydroxylation is 1. The minimum atomic E-state index is -0.803. The molecule has 2 aromatic rings. The molecule has 9 heteroatoms. The molecule has 0 aliphatic carbocycles. The molecule has 0 aliphatic heterocycles. The summed E-state index contributed by atoms with van der Waals surface area (Å²) in [6.07, 6.45) is 3.26. The molecule has 0 saturated heterocycles. The molecule has 0 saturated carbocycles. The first kappa shape index (κ1) is 19.2. The molecule has 26 heavy (non-hydrogen) atoms. The van der Waals surface area contributed by atoms with Gasteiger partial charge in [-0.2, -0.15) is 0 Å². The number of rotatable bonds is 4. The smallest absolute Gasteiger partial charge is 0.417 e. The van der Waals surface area contributed by atoms with E-state index in [1.807, 2.05) is 0 Å². The maximum atomic E-state index is 13.7. The van der Waals surface area contributed by atoms with Crippen molar-refractivity contribution in [2.24, 2.45) is 7.05 Å². The summed E-state index contributed by atoms with van der Waals surface area (Å²) in [5.74, 6) is -0.695. The van der Waals surface area contributed by atoms with E-state index in [0.717, 1.165) is 21.7 Å². The first-order chi connectivity index (χ1) is 12.1. The quantitative estimate of drug-likeness (QED) is 0.773. The first-order valence-electron chi connectivity index (χ1n) is 7.73. The van der Waals surface area contributed by atoms with E-state index in [-0.39, 0.29) is 23.6 Å². The Balaban J connectivity index is 2.44. The van der Waals surface area contributed by atoms with Crippen LogP contribution in [0.1, 0.15) is 36.7 Å². The molecule has 0 aromatic carbocycles. The summed E-state index contributed by atoms with van der Waals surface area (Å²) in [5, 5.41) is 0. The van der Waals surface area contributed by atoms with Crippen LogP contribution in [0, 0.1) is 5.82 Å². The summed E-state index contributed by atoms with van der Waals surface area (Å²) in [7, 11) is 1.40. The maximum Gasteiger partial charge on any atom is 0.417 e. The van der Waals surface area contributed by atoms with Gasteiger partial charge in [-0.05, 0) is 26.8 Å². The third kappa shape index (κ3) is 4.71. The predicted molar refractivity (Wildman–Crippen MR) is 91.5 cm³/mol. The Morgan fingerprint density at radius 2 is 1.96 bits per heavy atom. The molecule has 2 rings (SSSR count). The van der Waals surface area contributed by atoms with Gasteiger partial charge in [-0.1, -0.05) is 0 Å².